The van der Waals surface area contributed by atoms with E-state index in [0.29, 0.717) is 84.8 Å². The zero-order chi connectivity index (χ0) is 51.3. The van der Waals surface area contributed by atoms with E-state index in [2.05, 4.69) is 10.6 Å². The Kier molecular flexibility index (Phi) is 44.8. The molecule has 0 unspecified atom stereocenters. The monoisotopic (exact) mass is 973 g/mol. The van der Waals surface area contributed by atoms with Crippen molar-refractivity contribution >= 4 is 46.9 Å². The third-order valence-corrected chi connectivity index (χ3v) is 11.5. The number of amides is 2. The number of nitrogens with one attached hydrogen (secondary N) is 2. The lowest BCUT2D eigenvalue weighted by Crippen LogP contribution is -2.29. The van der Waals surface area contributed by atoms with E-state index in [1.165, 1.54) is 51.4 Å². The number of hydrogen-bond acceptors (Lipinski definition) is 12. The minimum atomic E-state index is -1.02. The SMILES string of the molecule is CCC(=O)NCCOCCOCC(=O)CCCCC[C@H](CC(=O)C(C)(C)C)C(C)=O.COCCOCCNC(=O)CC[C@H](CC(=O)CCCCCCCCCCCCCCCCC(=O)O)C(=O)O.[HH]. The Morgan fingerprint density at radius 1 is 0.515 bits per heavy atom. The van der Waals surface area contributed by atoms with Gasteiger partial charge in [0.2, 0.25) is 11.8 Å². The molecular formula is C52H96N2O14. The van der Waals surface area contributed by atoms with E-state index in [0.717, 1.165) is 57.8 Å². The normalized spacial score (nSPS) is 12.1. The molecule has 398 valence electrons. The van der Waals surface area contributed by atoms with Crippen molar-refractivity contribution in [1.82, 2.24) is 10.6 Å². The second kappa shape index (κ2) is 45.8. The summed E-state index contributed by atoms with van der Waals surface area (Å²) in [7, 11) is 1.58. The first-order chi connectivity index (χ1) is 32.4. The summed E-state index contributed by atoms with van der Waals surface area (Å²) >= 11 is 0. The Bertz CT molecular complexity index is 1370. The first-order valence-electron chi connectivity index (χ1n) is 25.7. The quantitative estimate of drug-likeness (QED) is 0.0416. The lowest BCUT2D eigenvalue weighted by Gasteiger charge is -2.20. The van der Waals surface area contributed by atoms with E-state index in [1.807, 2.05) is 20.8 Å². The fraction of sp³-hybridized carbons (Fsp3) is 0.846. The maximum Gasteiger partial charge on any atom is 0.306 e. The van der Waals surface area contributed by atoms with Crippen LogP contribution < -0.4 is 10.6 Å². The van der Waals surface area contributed by atoms with Crippen molar-refractivity contribution in [3.8, 4) is 0 Å². The van der Waals surface area contributed by atoms with Crippen LogP contribution in [0.2, 0.25) is 0 Å². The van der Waals surface area contributed by atoms with Gasteiger partial charge in [-0.25, -0.2) is 0 Å². The molecule has 0 saturated carbocycles. The smallest absolute Gasteiger partial charge is 0.306 e. The number of aliphatic carboxylic acids is 2. The van der Waals surface area contributed by atoms with E-state index in [-0.39, 0.29) is 74.6 Å². The standard InChI is InChI=1S/C29H53NO8.C23H41NO6.H2/c1-37-22-23-38-21-20-30-27(32)19-18-25(29(35)36)24-26(31)16-14-12-10-8-6-4-2-3-5-7-9-11-13-15-17-28(33)34;1-6-22(28)24-12-13-29-14-15-30-17-20(26)11-9-7-8-10-19(18(2)25)16-21(27)23(3,4)5;/h25H,2-24H2,1H3,(H,30,32)(H,33,34)(H,35,36);19H,6-17H2,1-5H3,(H,24,28);1H/t25-;19-;/m11./s1. The molecule has 0 aromatic carbocycles. The largest absolute Gasteiger partial charge is 0.481 e. The van der Waals surface area contributed by atoms with Gasteiger partial charge >= 0.3 is 11.9 Å². The fourth-order valence-electron chi connectivity index (χ4n) is 7.04. The molecule has 2 atom stereocenters. The van der Waals surface area contributed by atoms with Gasteiger partial charge in [-0.2, -0.15) is 0 Å². The zero-order valence-electron chi connectivity index (χ0n) is 43.2. The molecule has 0 fully saturated rings. The van der Waals surface area contributed by atoms with Crippen molar-refractivity contribution in [2.45, 2.75) is 202 Å². The van der Waals surface area contributed by atoms with Gasteiger partial charge in [0.25, 0.3) is 0 Å². The van der Waals surface area contributed by atoms with E-state index >= 15 is 0 Å². The highest BCUT2D eigenvalue weighted by Gasteiger charge is 2.26. The number of methoxy groups -OCH3 is 1. The molecule has 16 heteroatoms. The van der Waals surface area contributed by atoms with Gasteiger partial charge in [-0.05, 0) is 39.0 Å². The topological polar surface area (TPSA) is 238 Å². The molecule has 0 bridgehead atoms. The molecule has 16 nitrogen and oxygen atoms in total. The summed E-state index contributed by atoms with van der Waals surface area (Å²) in [5.41, 5.74) is -0.420. The summed E-state index contributed by atoms with van der Waals surface area (Å²) in [5.74, 6) is -2.80. The predicted octanol–water partition coefficient (Wildman–Crippen LogP) is 9.05. The second-order valence-electron chi connectivity index (χ2n) is 18.8. The number of carboxylic acids is 2. The van der Waals surface area contributed by atoms with Crippen molar-refractivity contribution in [3.63, 3.8) is 0 Å². The first kappa shape index (κ1) is 66.5. The maximum atomic E-state index is 12.2. The molecule has 0 saturated heterocycles. The Morgan fingerprint density at radius 3 is 1.44 bits per heavy atom. The summed E-state index contributed by atoms with van der Waals surface area (Å²) in [6.45, 7) is 12.3. The van der Waals surface area contributed by atoms with Crippen LogP contribution in [0.3, 0.4) is 0 Å². The average molecular weight is 973 g/mol. The number of hydrogen-bond donors (Lipinski definition) is 4. The number of rotatable bonds is 47. The van der Waals surface area contributed by atoms with Crippen molar-refractivity contribution in [2.24, 2.45) is 17.3 Å². The van der Waals surface area contributed by atoms with Crippen LogP contribution in [0.15, 0.2) is 0 Å². The van der Waals surface area contributed by atoms with E-state index in [4.69, 9.17) is 24.1 Å². The molecule has 2 amide bonds. The van der Waals surface area contributed by atoms with Gasteiger partial charge in [-0.1, -0.05) is 118 Å². The lowest BCUT2D eigenvalue weighted by molar-refractivity contribution is -0.144. The average Bonchev–Trinajstić information content (AvgIpc) is 3.28. The first-order valence-corrected chi connectivity index (χ1v) is 25.7. The summed E-state index contributed by atoms with van der Waals surface area (Å²) in [5, 5.41) is 23.4. The fourth-order valence-corrected chi connectivity index (χ4v) is 7.04. The van der Waals surface area contributed by atoms with Crippen LogP contribution in [-0.2, 0) is 57.3 Å². The molecule has 0 aromatic rings. The number of unbranched alkanes of at least 4 members (excludes halogenated alkanes) is 15. The van der Waals surface area contributed by atoms with Gasteiger partial charge in [-0.3, -0.25) is 38.4 Å². The van der Waals surface area contributed by atoms with Gasteiger partial charge in [0.1, 0.15) is 24.0 Å². The summed E-state index contributed by atoms with van der Waals surface area (Å²) in [4.78, 5) is 92.9. The zero-order valence-corrected chi connectivity index (χ0v) is 43.2. The van der Waals surface area contributed by atoms with Crippen LogP contribution in [0.25, 0.3) is 0 Å². The van der Waals surface area contributed by atoms with Gasteiger partial charge in [-0.15, -0.1) is 0 Å². The number of carbonyl (C=O) groups excluding carboxylic acids is 6. The molecule has 0 aliphatic carbocycles. The predicted molar refractivity (Wildman–Crippen MR) is 266 cm³/mol. The Balaban J connectivity index is -0.00000128. The molecule has 0 aliphatic rings. The minimum absolute atomic E-state index is 0. The van der Waals surface area contributed by atoms with E-state index in [9.17, 15) is 43.5 Å². The summed E-state index contributed by atoms with van der Waals surface area (Å²) < 4.78 is 20.7. The summed E-state index contributed by atoms with van der Waals surface area (Å²) in [6, 6.07) is 0. The Morgan fingerprint density at radius 2 is 0.971 bits per heavy atom. The van der Waals surface area contributed by atoms with Gasteiger partial charge in [0, 0.05) is 77.9 Å². The third-order valence-electron chi connectivity index (χ3n) is 11.5. The molecule has 0 heterocycles. The van der Waals surface area contributed by atoms with E-state index in [1.54, 1.807) is 21.0 Å². The van der Waals surface area contributed by atoms with Gasteiger partial charge in [0.05, 0.1) is 45.6 Å². The van der Waals surface area contributed by atoms with Crippen LogP contribution in [-0.4, -0.2) is 124 Å². The van der Waals surface area contributed by atoms with Crippen LogP contribution >= 0.6 is 0 Å². The van der Waals surface area contributed by atoms with Crippen molar-refractivity contribution < 1.29 is 68.9 Å². The molecule has 68 heavy (non-hydrogen) atoms. The maximum absolute atomic E-state index is 12.2. The lowest BCUT2D eigenvalue weighted by atomic mass is 9.82. The van der Waals surface area contributed by atoms with Crippen LogP contribution in [0.1, 0.15) is 203 Å². The van der Waals surface area contributed by atoms with Crippen molar-refractivity contribution in [1.29, 1.82) is 0 Å². The molecule has 0 radical (unpaired) electrons. The van der Waals surface area contributed by atoms with Crippen LogP contribution in [0.4, 0.5) is 0 Å². The van der Waals surface area contributed by atoms with Crippen molar-refractivity contribution in [2.75, 3.05) is 66.4 Å². The molecule has 4 N–H and O–H groups in total. The minimum Gasteiger partial charge on any atom is -0.481 e. The van der Waals surface area contributed by atoms with Gasteiger partial charge in [0.15, 0.2) is 5.78 Å². The third kappa shape index (κ3) is 46.1. The van der Waals surface area contributed by atoms with Gasteiger partial charge < -0.3 is 39.8 Å². The number of carbonyl (C=O) groups is 8. The molecule has 0 aromatic heterocycles. The molecule has 0 spiro atoms. The van der Waals surface area contributed by atoms with Crippen LogP contribution in [0, 0.1) is 17.3 Å². The molecule has 0 aliphatic heterocycles. The molecular weight excluding hydrogens is 877 g/mol. The highest BCUT2D eigenvalue weighted by molar-refractivity contribution is 5.89. The van der Waals surface area contributed by atoms with E-state index < -0.39 is 23.3 Å². The Hall–Kier alpha value is -3.60. The number of ether oxygens (including phenoxy) is 4. The van der Waals surface area contributed by atoms with Crippen molar-refractivity contribution in [3.05, 3.63) is 0 Å². The summed E-state index contributed by atoms with van der Waals surface area (Å²) in [6.07, 6.45) is 20.9. The number of carboxylic acid groups (broad SMARTS) is 2. The second-order valence-corrected chi connectivity index (χ2v) is 18.8. The molecule has 0 rings (SSSR count). The van der Waals surface area contributed by atoms with Crippen LogP contribution in [0.5, 0.6) is 0 Å². The highest BCUT2D eigenvalue weighted by Crippen LogP contribution is 2.24. The number of Topliss-reactive ketones (excluding diaryl/α,β-unsaturated/α-hetero) is 4. The highest BCUT2D eigenvalue weighted by atomic mass is 16.5. The number of ketones is 4. The Labute approximate surface area is 410 Å².